The summed E-state index contributed by atoms with van der Waals surface area (Å²) in [5.41, 5.74) is 1.75. The molecule has 0 atom stereocenters. The molecule has 0 amide bonds. The van der Waals surface area contributed by atoms with E-state index in [4.69, 9.17) is 0 Å². The van der Waals surface area contributed by atoms with Gasteiger partial charge >= 0.3 is 0 Å². The van der Waals surface area contributed by atoms with Gasteiger partial charge in [0.1, 0.15) is 22.3 Å². The minimum Gasteiger partial charge on any atom is -0.313 e. The quantitative estimate of drug-likeness (QED) is 0.795. The summed E-state index contributed by atoms with van der Waals surface area (Å²) in [6.07, 6.45) is 1.69. The normalized spacial score (nSPS) is 11.0. The molecule has 0 saturated carbocycles. The van der Waals surface area contributed by atoms with Crippen molar-refractivity contribution >= 4 is 10.7 Å². The zero-order chi connectivity index (χ0) is 12.4. The van der Waals surface area contributed by atoms with Gasteiger partial charge in [-0.3, -0.25) is 4.98 Å². The monoisotopic (exact) mass is 252 g/mol. The van der Waals surface area contributed by atoms with Gasteiger partial charge in [-0.05, 0) is 19.1 Å². The molecule has 6 nitrogen and oxygen atoms in total. The second-order valence-electron chi connectivity index (χ2n) is 3.68. The molecule has 0 saturated heterocycles. The van der Waals surface area contributed by atoms with Crippen LogP contribution in [0.3, 0.4) is 0 Å². The standard InChI is InChI=1S/C10H12N4O2S/c1-7-5-8(3-4-11-7)10-13-12-9(14(10)2)6-17(15)16/h3-5,17H,6H2,1-2H3. The molecule has 0 unspecified atom stereocenters. The highest BCUT2D eigenvalue weighted by Crippen LogP contribution is 2.17. The topological polar surface area (TPSA) is 77.7 Å². The molecule has 0 bridgehead atoms. The minimum absolute atomic E-state index is 0.0943. The third kappa shape index (κ3) is 2.50. The van der Waals surface area contributed by atoms with E-state index in [0.717, 1.165) is 11.3 Å². The van der Waals surface area contributed by atoms with Crippen LogP contribution in [0.4, 0.5) is 0 Å². The maximum Gasteiger partial charge on any atom is 0.163 e. The highest BCUT2D eigenvalue weighted by Gasteiger charge is 2.11. The highest BCUT2D eigenvalue weighted by molar-refractivity contribution is 7.71. The summed E-state index contributed by atoms with van der Waals surface area (Å²) in [4.78, 5) is 4.10. The summed E-state index contributed by atoms with van der Waals surface area (Å²) in [7, 11) is -0.741. The Bertz CT molecular complexity index is 611. The number of thiol groups is 1. The molecule has 0 aliphatic rings. The molecule has 2 aromatic heterocycles. The summed E-state index contributed by atoms with van der Waals surface area (Å²) in [5, 5.41) is 7.87. The second-order valence-corrected chi connectivity index (χ2v) is 4.66. The van der Waals surface area contributed by atoms with E-state index in [1.165, 1.54) is 0 Å². The molecule has 17 heavy (non-hydrogen) atoms. The van der Waals surface area contributed by atoms with Gasteiger partial charge in [0.15, 0.2) is 5.82 Å². The first-order chi connectivity index (χ1) is 8.08. The van der Waals surface area contributed by atoms with Crippen molar-refractivity contribution in [3.8, 4) is 11.4 Å². The van der Waals surface area contributed by atoms with Crippen molar-refractivity contribution < 1.29 is 8.42 Å². The van der Waals surface area contributed by atoms with Crippen LogP contribution in [0.5, 0.6) is 0 Å². The van der Waals surface area contributed by atoms with E-state index in [1.807, 2.05) is 19.1 Å². The molecule has 2 aromatic rings. The molecule has 2 rings (SSSR count). The summed E-state index contributed by atoms with van der Waals surface area (Å²) < 4.78 is 23.0. The van der Waals surface area contributed by atoms with Gasteiger partial charge in [0.2, 0.25) is 0 Å². The molecule has 2 heterocycles. The van der Waals surface area contributed by atoms with Crippen molar-refractivity contribution in [1.29, 1.82) is 0 Å². The van der Waals surface area contributed by atoms with Gasteiger partial charge in [-0.2, -0.15) is 0 Å². The molecular weight excluding hydrogens is 240 g/mol. The molecule has 0 spiro atoms. The maximum atomic E-state index is 10.7. The number of hydrogen-bond acceptors (Lipinski definition) is 5. The van der Waals surface area contributed by atoms with Crippen LogP contribution < -0.4 is 0 Å². The summed E-state index contributed by atoms with van der Waals surface area (Å²) in [6.45, 7) is 1.88. The van der Waals surface area contributed by atoms with Crippen LogP contribution in [0.25, 0.3) is 11.4 Å². The molecule has 7 heteroatoms. The van der Waals surface area contributed by atoms with Crippen molar-refractivity contribution in [3.63, 3.8) is 0 Å². The number of hydrogen-bond donors (Lipinski definition) is 1. The van der Waals surface area contributed by atoms with Crippen LogP contribution in [-0.4, -0.2) is 28.2 Å². The summed E-state index contributed by atoms with van der Waals surface area (Å²) in [6, 6.07) is 3.70. The van der Waals surface area contributed by atoms with Crippen molar-refractivity contribution in [2.45, 2.75) is 12.7 Å². The number of rotatable bonds is 3. The van der Waals surface area contributed by atoms with Gasteiger partial charge in [-0.15, -0.1) is 10.2 Å². The van der Waals surface area contributed by atoms with Gasteiger partial charge in [-0.25, -0.2) is 8.42 Å². The lowest BCUT2D eigenvalue weighted by Gasteiger charge is -2.02. The van der Waals surface area contributed by atoms with Gasteiger partial charge in [0.25, 0.3) is 0 Å². The number of nitrogens with zero attached hydrogens (tertiary/aromatic N) is 4. The van der Waals surface area contributed by atoms with E-state index < -0.39 is 10.7 Å². The maximum absolute atomic E-state index is 10.7. The Morgan fingerprint density at radius 1 is 1.35 bits per heavy atom. The lowest BCUT2D eigenvalue weighted by Crippen LogP contribution is -2.00. The average molecular weight is 252 g/mol. The fraction of sp³-hybridized carbons (Fsp3) is 0.300. The Kier molecular flexibility index (Phi) is 3.19. The molecule has 0 N–H and O–H groups in total. The van der Waals surface area contributed by atoms with Crippen LogP contribution in [0.15, 0.2) is 18.3 Å². The van der Waals surface area contributed by atoms with Crippen LogP contribution in [0.1, 0.15) is 11.5 Å². The second kappa shape index (κ2) is 4.62. The fourth-order valence-corrected chi connectivity index (χ4v) is 2.06. The van der Waals surface area contributed by atoms with Crippen LogP contribution in [-0.2, 0) is 23.5 Å². The minimum atomic E-state index is -2.49. The van der Waals surface area contributed by atoms with Crippen LogP contribution >= 0.6 is 0 Å². The predicted octanol–water partition coefficient (Wildman–Crippen LogP) is 0.297. The number of aromatic nitrogens is 4. The number of pyridine rings is 1. The van der Waals surface area contributed by atoms with Gasteiger partial charge in [0, 0.05) is 24.5 Å². The Balaban J connectivity index is 2.44. The zero-order valence-electron chi connectivity index (χ0n) is 9.49. The Morgan fingerprint density at radius 2 is 2.12 bits per heavy atom. The summed E-state index contributed by atoms with van der Waals surface area (Å²) in [5.74, 6) is 0.982. The third-order valence-corrected chi connectivity index (χ3v) is 2.93. The predicted molar refractivity (Wildman–Crippen MR) is 63.0 cm³/mol. The smallest absolute Gasteiger partial charge is 0.163 e. The number of aryl methyl sites for hydroxylation is 1. The first-order valence-electron chi connectivity index (χ1n) is 5.01. The van der Waals surface area contributed by atoms with Gasteiger partial charge in [0.05, 0.1) is 0 Å². The molecule has 0 aliphatic carbocycles. The largest absolute Gasteiger partial charge is 0.313 e. The van der Waals surface area contributed by atoms with Gasteiger partial charge in [-0.1, -0.05) is 0 Å². The van der Waals surface area contributed by atoms with Crippen molar-refractivity contribution in [2.75, 3.05) is 0 Å². The van der Waals surface area contributed by atoms with E-state index in [1.54, 1.807) is 17.8 Å². The lowest BCUT2D eigenvalue weighted by molar-refractivity contribution is 0.611. The van der Waals surface area contributed by atoms with Gasteiger partial charge < -0.3 is 4.57 Å². The van der Waals surface area contributed by atoms with E-state index in [0.29, 0.717) is 11.6 Å². The first-order valence-corrected chi connectivity index (χ1v) is 6.37. The SMILES string of the molecule is Cc1cc(-c2nnc(C[SH](=O)=O)n2C)ccn1. The fourth-order valence-electron chi connectivity index (χ4n) is 1.55. The molecule has 0 aliphatic heterocycles. The highest BCUT2D eigenvalue weighted by atomic mass is 32.2. The van der Waals surface area contributed by atoms with Crippen molar-refractivity contribution in [3.05, 3.63) is 29.8 Å². The molecule has 0 fully saturated rings. The Morgan fingerprint density at radius 3 is 2.76 bits per heavy atom. The van der Waals surface area contributed by atoms with E-state index in [2.05, 4.69) is 15.2 Å². The first kappa shape index (κ1) is 11.7. The van der Waals surface area contributed by atoms with Crippen LogP contribution in [0, 0.1) is 6.92 Å². The Labute approximate surface area is 100 Å². The Hall–Kier alpha value is -1.76. The van der Waals surface area contributed by atoms with E-state index in [-0.39, 0.29) is 5.75 Å². The zero-order valence-corrected chi connectivity index (χ0v) is 10.4. The van der Waals surface area contributed by atoms with E-state index in [9.17, 15) is 8.42 Å². The molecular formula is C10H12N4O2S. The molecule has 0 radical (unpaired) electrons. The average Bonchev–Trinajstić information content (AvgIpc) is 2.60. The van der Waals surface area contributed by atoms with Crippen molar-refractivity contribution in [2.24, 2.45) is 7.05 Å². The lowest BCUT2D eigenvalue weighted by atomic mass is 10.2. The summed E-state index contributed by atoms with van der Waals surface area (Å²) >= 11 is 0. The van der Waals surface area contributed by atoms with Crippen LogP contribution in [0.2, 0.25) is 0 Å². The molecule has 90 valence electrons. The molecule has 0 aromatic carbocycles. The van der Waals surface area contributed by atoms with E-state index >= 15 is 0 Å². The van der Waals surface area contributed by atoms with Crippen molar-refractivity contribution in [1.82, 2.24) is 19.7 Å². The third-order valence-electron chi connectivity index (χ3n) is 2.39.